The minimum absolute atomic E-state index is 0.214. The highest BCUT2D eigenvalue weighted by Gasteiger charge is 2.04. The van der Waals surface area contributed by atoms with Crippen LogP contribution in [0.25, 0.3) is 0 Å². The maximum Gasteiger partial charge on any atom is 0.305 e. The molecule has 0 spiro atoms. The molecule has 150 valence electrons. The lowest BCUT2D eigenvalue weighted by Gasteiger charge is -2.02. The standard InChI is InChI=1S/C23H34O4/c1-3-4-13-16-21(24)17-14-11-9-7-5-6-8-10-12-15-18-22(25)19-20-23(26)27-2/h4-6,9-15,17-18,21-22,24-25H,3,7-8,16,19-20H2,1-2H3/t21-,22+/m0/s1. The maximum atomic E-state index is 11.0. The lowest BCUT2D eigenvalue weighted by atomic mass is 10.2. The maximum absolute atomic E-state index is 11.0. The first-order chi connectivity index (χ1) is 13.1. The van der Waals surface area contributed by atoms with Crippen LogP contribution in [0.3, 0.4) is 0 Å². The molecule has 0 aromatic heterocycles. The van der Waals surface area contributed by atoms with Crippen LogP contribution in [-0.2, 0) is 9.53 Å². The number of carbonyl (C=O) groups is 1. The van der Waals surface area contributed by atoms with E-state index >= 15 is 0 Å². The van der Waals surface area contributed by atoms with Gasteiger partial charge in [-0.15, -0.1) is 0 Å². The summed E-state index contributed by atoms with van der Waals surface area (Å²) in [5.74, 6) is -0.312. The summed E-state index contributed by atoms with van der Waals surface area (Å²) in [6.07, 6.45) is 25.9. The van der Waals surface area contributed by atoms with Gasteiger partial charge in [0.2, 0.25) is 0 Å². The van der Waals surface area contributed by atoms with E-state index in [2.05, 4.69) is 29.9 Å². The minimum atomic E-state index is -0.635. The molecule has 0 saturated heterocycles. The Morgan fingerprint density at radius 3 is 2.00 bits per heavy atom. The van der Waals surface area contributed by atoms with Crippen molar-refractivity contribution in [3.05, 3.63) is 72.9 Å². The van der Waals surface area contributed by atoms with Crippen molar-refractivity contribution in [2.75, 3.05) is 7.11 Å². The SMILES string of the molecule is CCC=CC[C@H](O)C=CC=CCC=CCC=CC=C[C@@H](O)CCC(=O)OC. The van der Waals surface area contributed by atoms with Crippen molar-refractivity contribution in [1.29, 1.82) is 0 Å². The molecule has 4 nitrogen and oxygen atoms in total. The van der Waals surface area contributed by atoms with Gasteiger partial charge in [-0.25, -0.2) is 0 Å². The summed E-state index contributed by atoms with van der Waals surface area (Å²) < 4.78 is 4.52. The summed E-state index contributed by atoms with van der Waals surface area (Å²) in [5.41, 5.74) is 0. The molecule has 0 rings (SSSR count). The molecular formula is C23H34O4. The van der Waals surface area contributed by atoms with Crippen molar-refractivity contribution in [2.24, 2.45) is 0 Å². The number of rotatable bonds is 14. The zero-order valence-corrected chi connectivity index (χ0v) is 16.5. The van der Waals surface area contributed by atoms with Crippen LogP contribution < -0.4 is 0 Å². The van der Waals surface area contributed by atoms with Crippen molar-refractivity contribution < 1.29 is 19.7 Å². The second-order valence-corrected chi connectivity index (χ2v) is 5.93. The minimum Gasteiger partial charge on any atom is -0.469 e. The molecule has 2 atom stereocenters. The molecule has 0 bridgehead atoms. The van der Waals surface area contributed by atoms with Gasteiger partial charge in [0.25, 0.3) is 0 Å². The molecule has 0 aliphatic heterocycles. The van der Waals surface area contributed by atoms with Gasteiger partial charge in [0.1, 0.15) is 0 Å². The second kappa shape index (κ2) is 18.6. The van der Waals surface area contributed by atoms with Gasteiger partial charge in [0.15, 0.2) is 0 Å². The van der Waals surface area contributed by atoms with Gasteiger partial charge >= 0.3 is 5.97 Å². The van der Waals surface area contributed by atoms with Gasteiger partial charge in [-0.3, -0.25) is 4.79 Å². The van der Waals surface area contributed by atoms with Crippen LogP contribution in [0.15, 0.2) is 72.9 Å². The Bertz CT molecular complexity index is 539. The van der Waals surface area contributed by atoms with Crippen LogP contribution in [0.1, 0.15) is 45.4 Å². The van der Waals surface area contributed by atoms with Crippen LogP contribution in [0.5, 0.6) is 0 Å². The molecule has 27 heavy (non-hydrogen) atoms. The van der Waals surface area contributed by atoms with Crippen molar-refractivity contribution in [2.45, 2.75) is 57.7 Å². The number of allylic oxidation sites excluding steroid dienone is 9. The molecule has 0 amide bonds. The van der Waals surface area contributed by atoms with E-state index < -0.39 is 12.2 Å². The highest BCUT2D eigenvalue weighted by Crippen LogP contribution is 2.01. The molecule has 4 heteroatoms. The van der Waals surface area contributed by atoms with Crippen LogP contribution in [0.4, 0.5) is 0 Å². The van der Waals surface area contributed by atoms with Gasteiger partial charge in [0.05, 0.1) is 19.3 Å². The van der Waals surface area contributed by atoms with E-state index in [1.54, 1.807) is 18.2 Å². The summed E-state index contributed by atoms with van der Waals surface area (Å²) >= 11 is 0. The first-order valence-corrected chi connectivity index (χ1v) is 9.49. The third kappa shape index (κ3) is 18.4. The third-order valence-electron chi connectivity index (χ3n) is 3.52. The molecule has 0 radical (unpaired) electrons. The average Bonchev–Trinajstić information content (AvgIpc) is 2.67. The number of esters is 1. The summed E-state index contributed by atoms with van der Waals surface area (Å²) in [5, 5.41) is 19.3. The Balaban J connectivity index is 3.81. The molecule has 0 aromatic rings. The van der Waals surface area contributed by atoms with Crippen molar-refractivity contribution in [1.82, 2.24) is 0 Å². The molecule has 0 fully saturated rings. The van der Waals surface area contributed by atoms with E-state index in [1.165, 1.54) is 7.11 Å². The Labute approximate surface area is 163 Å². The third-order valence-corrected chi connectivity index (χ3v) is 3.52. The Kier molecular flexibility index (Phi) is 17.1. The van der Waals surface area contributed by atoms with Crippen LogP contribution >= 0.6 is 0 Å². The van der Waals surface area contributed by atoms with E-state index in [1.807, 2.05) is 36.5 Å². The molecule has 0 unspecified atom stereocenters. The van der Waals surface area contributed by atoms with Gasteiger partial charge < -0.3 is 14.9 Å². The number of hydrogen-bond acceptors (Lipinski definition) is 4. The monoisotopic (exact) mass is 374 g/mol. The van der Waals surface area contributed by atoms with Gasteiger partial charge in [-0.1, -0.05) is 79.8 Å². The summed E-state index contributed by atoms with van der Waals surface area (Å²) in [6, 6.07) is 0. The van der Waals surface area contributed by atoms with E-state index in [0.717, 1.165) is 19.3 Å². The first kappa shape index (κ1) is 24.8. The molecule has 0 aliphatic rings. The average molecular weight is 375 g/mol. The Morgan fingerprint density at radius 1 is 0.852 bits per heavy atom. The molecule has 0 heterocycles. The smallest absolute Gasteiger partial charge is 0.305 e. The fraction of sp³-hybridized carbons (Fsp3) is 0.435. The highest BCUT2D eigenvalue weighted by atomic mass is 16.5. The number of hydrogen-bond donors (Lipinski definition) is 2. The number of aliphatic hydroxyl groups excluding tert-OH is 2. The fourth-order valence-corrected chi connectivity index (χ4v) is 1.99. The van der Waals surface area contributed by atoms with Gasteiger partial charge in [-0.05, 0) is 32.1 Å². The van der Waals surface area contributed by atoms with Crippen molar-refractivity contribution >= 4 is 5.97 Å². The van der Waals surface area contributed by atoms with E-state index in [-0.39, 0.29) is 12.4 Å². The van der Waals surface area contributed by atoms with Crippen LogP contribution in [-0.4, -0.2) is 35.5 Å². The lowest BCUT2D eigenvalue weighted by molar-refractivity contribution is -0.141. The van der Waals surface area contributed by atoms with Gasteiger partial charge in [0, 0.05) is 6.42 Å². The Hall–Kier alpha value is -2.17. The number of aliphatic hydroxyl groups is 2. The van der Waals surface area contributed by atoms with Crippen molar-refractivity contribution in [3.63, 3.8) is 0 Å². The second-order valence-electron chi connectivity index (χ2n) is 5.93. The fourth-order valence-electron chi connectivity index (χ4n) is 1.99. The van der Waals surface area contributed by atoms with E-state index in [0.29, 0.717) is 12.8 Å². The van der Waals surface area contributed by atoms with Crippen LogP contribution in [0.2, 0.25) is 0 Å². The predicted molar refractivity (Wildman–Crippen MR) is 112 cm³/mol. The summed E-state index contributed by atoms with van der Waals surface area (Å²) in [6.45, 7) is 2.07. The topological polar surface area (TPSA) is 66.8 Å². The molecular weight excluding hydrogens is 340 g/mol. The van der Waals surface area contributed by atoms with E-state index in [9.17, 15) is 15.0 Å². The summed E-state index contributed by atoms with van der Waals surface area (Å²) in [7, 11) is 1.34. The lowest BCUT2D eigenvalue weighted by Crippen LogP contribution is -2.07. The molecule has 0 saturated carbocycles. The largest absolute Gasteiger partial charge is 0.469 e. The number of ether oxygens (including phenoxy) is 1. The Morgan fingerprint density at radius 2 is 1.44 bits per heavy atom. The summed E-state index contributed by atoms with van der Waals surface area (Å²) in [4.78, 5) is 11.0. The molecule has 0 aliphatic carbocycles. The number of carbonyl (C=O) groups excluding carboxylic acids is 1. The first-order valence-electron chi connectivity index (χ1n) is 9.49. The zero-order valence-electron chi connectivity index (χ0n) is 16.5. The molecule has 0 aromatic carbocycles. The zero-order chi connectivity index (χ0) is 20.2. The predicted octanol–water partition coefficient (Wildman–Crippen LogP) is 4.58. The highest BCUT2D eigenvalue weighted by molar-refractivity contribution is 5.69. The number of methoxy groups -OCH3 is 1. The normalized spacial score (nSPS) is 15.3. The van der Waals surface area contributed by atoms with Crippen LogP contribution in [0, 0.1) is 0 Å². The van der Waals surface area contributed by atoms with Crippen molar-refractivity contribution in [3.8, 4) is 0 Å². The van der Waals surface area contributed by atoms with E-state index in [4.69, 9.17) is 0 Å². The molecule has 2 N–H and O–H groups in total. The van der Waals surface area contributed by atoms with Gasteiger partial charge in [-0.2, -0.15) is 0 Å². The quantitative estimate of drug-likeness (QED) is 0.265.